The first-order valence-corrected chi connectivity index (χ1v) is 7.04. The van der Waals surface area contributed by atoms with E-state index >= 15 is 0 Å². The zero-order valence-corrected chi connectivity index (χ0v) is 12.9. The zero-order chi connectivity index (χ0) is 13.3. The van der Waals surface area contributed by atoms with Gasteiger partial charge >= 0.3 is 0 Å². The average Bonchev–Trinajstić information content (AvgIpc) is 2.35. The molecule has 0 aliphatic rings. The second-order valence-electron chi connectivity index (χ2n) is 4.14. The van der Waals surface area contributed by atoms with Gasteiger partial charge in [-0.1, -0.05) is 19.1 Å². The molecule has 0 unspecified atom stereocenters. The lowest BCUT2D eigenvalue weighted by molar-refractivity contribution is 0.471. The molecular formula is C14H12Br2O2. The predicted molar refractivity (Wildman–Crippen MR) is 79.1 cm³/mol. The lowest BCUT2D eigenvalue weighted by Crippen LogP contribution is -1.96. The minimum absolute atomic E-state index is 0.179. The van der Waals surface area contributed by atoms with Gasteiger partial charge in [0.05, 0.1) is 8.95 Å². The summed E-state index contributed by atoms with van der Waals surface area (Å²) in [6.45, 7) is 2.08. The third-order valence-electron chi connectivity index (χ3n) is 2.94. The maximum Gasteiger partial charge on any atom is 0.129 e. The van der Waals surface area contributed by atoms with E-state index in [4.69, 9.17) is 0 Å². The first-order chi connectivity index (χ1) is 8.49. The van der Waals surface area contributed by atoms with Crippen LogP contribution in [0.1, 0.15) is 24.0 Å². The molecule has 2 N–H and O–H groups in total. The fourth-order valence-electron chi connectivity index (χ4n) is 1.78. The highest BCUT2D eigenvalue weighted by Crippen LogP contribution is 2.33. The molecule has 0 atom stereocenters. The molecule has 0 aromatic heterocycles. The van der Waals surface area contributed by atoms with Crippen LogP contribution in [0.4, 0.5) is 0 Å². The van der Waals surface area contributed by atoms with Crippen molar-refractivity contribution in [1.82, 2.24) is 0 Å². The summed E-state index contributed by atoms with van der Waals surface area (Å²) in [4.78, 5) is 0. The first kappa shape index (κ1) is 13.4. The lowest BCUT2D eigenvalue weighted by Gasteiger charge is -2.14. The lowest BCUT2D eigenvalue weighted by atomic mass is 9.93. The molecule has 0 aliphatic carbocycles. The second kappa shape index (κ2) is 5.33. The van der Waals surface area contributed by atoms with E-state index in [-0.39, 0.29) is 17.4 Å². The summed E-state index contributed by atoms with van der Waals surface area (Å²) in [7, 11) is 0. The maximum atomic E-state index is 9.49. The number of phenols is 2. The van der Waals surface area contributed by atoms with Gasteiger partial charge in [0.2, 0.25) is 0 Å². The van der Waals surface area contributed by atoms with Crippen molar-refractivity contribution in [2.24, 2.45) is 0 Å². The Labute approximate surface area is 123 Å². The Morgan fingerprint density at radius 1 is 0.833 bits per heavy atom. The molecule has 4 heteroatoms. The fraction of sp³-hybridized carbons (Fsp3) is 0.143. The van der Waals surface area contributed by atoms with Crippen LogP contribution in [0.25, 0.3) is 0 Å². The van der Waals surface area contributed by atoms with E-state index in [0.717, 1.165) is 11.1 Å². The van der Waals surface area contributed by atoms with E-state index in [2.05, 4.69) is 38.8 Å². The Morgan fingerprint density at radius 2 is 1.22 bits per heavy atom. The van der Waals surface area contributed by atoms with E-state index in [1.165, 1.54) is 0 Å². The van der Waals surface area contributed by atoms with Crippen molar-refractivity contribution in [2.45, 2.75) is 12.8 Å². The average molecular weight is 372 g/mol. The number of rotatable bonds is 2. The Bertz CT molecular complexity index is 531. The summed E-state index contributed by atoms with van der Waals surface area (Å²) < 4.78 is 1.37. The number of hydrogen-bond donors (Lipinski definition) is 2. The third kappa shape index (κ3) is 2.70. The van der Waals surface area contributed by atoms with Crippen LogP contribution in [0.5, 0.6) is 11.5 Å². The molecule has 0 fully saturated rings. The van der Waals surface area contributed by atoms with Gasteiger partial charge in [-0.25, -0.2) is 0 Å². The highest BCUT2D eigenvalue weighted by molar-refractivity contribution is 9.10. The topological polar surface area (TPSA) is 40.5 Å². The number of phenolic OH excluding ortho intramolecular Hbond substituents is 2. The molecule has 0 bridgehead atoms. The quantitative estimate of drug-likeness (QED) is 0.797. The Balaban J connectivity index is 2.37. The standard InChI is InChI=1S/C14H12Br2O2/c1-8(9-2-4-13(17)11(15)6-9)10-3-5-14(18)12(16)7-10/h2-8,17-18H,1H3. The summed E-state index contributed by atoms with van der Waals surface area (Å²) >= 11 is 6.63. The smallest absolute Gasteiger partial charge is 0.129 e. The van der Waals surface area contributed by atoms with Crippen molar-refractivity contribution in [3.8, 4) is 11.5 Å². The molecule has 94 valence electrons. The highest BCUT2D eigenvalue weighted by atomic mass is 79.9. The van der Waals surface area contributed by atoms with Crippen LogP contribution in [-0.4, -0.2) is 10.2 Å². The molecule has 2 rings (SSSR count). The van der Waals surface area contributed by atoms with Crippen molar-refractivity contribution >= 4 is 31.9 Å². The summed E-state index contributed by atoms with van der Waals surface area (Å²) in [5.41, 5.74) is 2.19. The van der Waals surface area contributed by atoms with Crippen LogP contribution in [0.15, 0.2) is 45.3 Å². The molecule has 18 heavy (non-hydrogen) atoms. The van der Waals surface area contributed by atoms with Gasteiger partial charge in [0, 0.05) is 5.92 Å². The minimum atomic E-state index is 0.179. The van der Waals surface area contributed by atoms with E-state index in [1.807, 2.05) is 24.3 Å². The first-order valence-electron chi connectivity index (χ1n) is 5.46. The van der Waals surface area contributed by atoms with Gasteiger partial charge in [0.1, 0.15) is 11.5 Å². The van der Waals surface area contributed by atoms with Gasteiger partial charge in [0.25, 0.3) is 0 Å². The number of halogens is 2. The normalized spacial score (nSPS) is 10.9. The van der Waals surface area contributed by atoms with Crippen molar-refractivity contribution in [1.29, 1.82) is 0 Å². The molecule has 2 aromatic carbocycles. The van der Waals surface area contributed by atoms with Gasteiger partial charge in [-0.3, -0.25) is 0 Å². The number of benzene rings is 2. The SMILES string of the molecule is CC(c1ccc(O)c(Br)c1)c1ccc(O)c(Br)c1. The number of aromatic hydroxyl groups is 2. The van der Waals surface area contributed by atoms with Gasteiger partial charge in [-0.2, -0.15) is 0 Å². The summed E-state index contributed by atoms with van der Waals surface area (Å²) in [6, 6.07) is 10.9. The Kier molecular flexibility index (Phi) is 3.97. The third-order valence-corrected chi connectivity index (χ3v) is 4.21. The molecule has 0 aliphatic heterocycles. The van der Waals surface area contributed by atoms with E-state index in [9.17, 15) is 10.2 Å². The van der Waals surface area contributed by atoms with E-state index in [1.54, 1.807) is 12.1 Å². The van der Waals surface area contributed by atoms with E-state index in [0.29, 0.717) is 8.95 Å². The predicted octanol–water partition coefficient (Wildman–Crippen LogP) is 4.77. The van der Waals surface area contributed by atoms with Crippen LogP contribution in [-0.2, 0) is 0 Å². The minimum Gasteiger partial charge on any atom is -0.507 e. The monoisotopic (exact) mass is 370 g/mol. The molecule has 0 saturated carbocycles. The highest BCUT2D eigenvalue weighted by Gasteiger charge is 2.11. The van der Waals surface area contributed by atoms with Crippen molar-refractivity contribution in [3.63, 3.8) is 0 Å². The number of hydrogen-bond acceptors (Lipinski definition) is 2. The molecule has 0 amide bonds. The van der Waals surface area contributed by atoms with Crippen LogP contribution in [0.2, 0.25) is 0 Å². The van der Waals surface area contributed by atoms with Crippen LogP contribution >= 0.6 is 31.9 Å². The van der Waals surface area contributed by atoms with E-state index < -0.39 is 0 Å². The van der Waals surface area contributed by atoms with Crippen LogP contribution in [0, 0.1) is 0 Å². The summed E-state index contributed by atoms with van der Waals surface area (Å²) in [6.07, 6.45) is 0. The van der Waals surface area contributed by atoms with Crippen molar-refractivity contribution in [3.05, 3.63) is 56.5 Å². The largest absolute Gasteiger partial charge is 0.507 e. The Hall–Kier alpha value is -1.00. The summed E-state index contributed by atoms with van der Waals surface area (Å²) in [5.74, 6) is 0.648. The zero-order valence-electron chi connectivity index (χ0n) is 9.69. The van der Waals surface area contributed by atoms with Crippen LogP contribution < -0.4 is 0 Å². The molecule has 2 aromatic rings. The van der Waals surface area contributed by atoms with Gasteiger partial charge in [-0.15, -0.1) is 0 Å². The van der Waals surface area contributed by atoms with Gasteiger partial charge in [-0.05, 0) is 67.3 Å². The van der Waals surface area contributed by atoms with Gasteiger partial charge < -0.3 is 10.2 Å². The molecule has 0 heterocycles. The fourth-order valence-corrected chi connectivity index (χ4v) is 2.57. The summed E-state index contributed by atoms with van der Waals surface area (Å²) in [5, 5.41) is 19.0. The molecule has 0 spiro atoms. The van der Waals surface area contributed by atoms with Crippen LogP contribution in [0.3, 0.4) is 0 Å². The maximum absolute atomic E-state index is 9.49. The molecule has 0 saturated heterocycles. The van der Waals surface area contributed by atoms with Gasteiger partial charge in [0.15, 0.2) is 0 Å². The molecule has 2 nitrogen and oxygen atoms in total. The van der Waals surface area contributed by atoms with Crippen molar-refractivity contribution < 1.29 is 10.2 Å². The second-order valence-corrected chi connectivity index (χ2v) is 5.85. The molecular weight excluding hydrogens is 360 g/mol. The van der Waals surface area contributed by atoms with Crippen molar-refractivity contribution in [2.75, 3.05) is 0 Å². The molecule has 0 radical (unpaired) electrons. The Morgan fingerprint density at radius 3 is 1.56 bits per heavy atom.